The van der Waals surface area contributed by atoms with E-state index in [4.69, 9.17) is 23.2 Å². The maximum Gasteiger partial charge on any atom is 0.325 e. The molecule has 0 aromatic heterocycles. The summed E-state index contributed by atoms with van der Waals surface area (Å²) in [6.45, 7) is -0.395. The van der Waals surface area contributed by atoms with Crippen molar-refractivity contribution in [1.82, 2.24) is 10.2 Å². The number of fused-ring (bicyclic) bond motifs is 2. The van der Waals surface area contributed by atoms with E-state index < -0.39 is 29.9 Å². The van der Waals surface area contributed by atoms with Gasteiger partial charge >= 0.3 is 6.03 Å². The zero-order chi connectivity index (χ0) is 19.9. The molecular formula is C20H17Cl2N3O3. The molecule has 1 atom stereocenters. The Bertz CT molecular complexity index is 994. The van der Waals surface area contributed by atoms with Crippen LogP contribution in [0.3, 0.4) is 0 Å². The van der Waals surface area contributed by atoms with Crippen molar-refractivity contribution in [2.75, 3.05) is 11.9 Å². The first-order chi connectivity index (χ1) is 13.4. The summed E-state index contributed by atoms with van der Waals surface area (Å²) in [5.41, 5.74) is 1.12. The van der Waals surface area contributed by atoms with Crippen LogP contribution in [-0.2, 0) is 21.5 Å². The molecule has 2 aromatic rings. The van der Waals surface area contributed by atoms with Crippen LogP contribution in [0.15, 0.2) is 42.5 Å². The van der Waals surface area contributed by atoms with Gasteiger partial charge in [-0.05, 0) is 48.6 Å². The van der Waals surface area contributed by atoms with Crippen molar-refractivity contribution in [2.24, 2.45) is 0 Å². The summed E-state index contributed by atoms with van der Waals surface area (Å²) in [7, 11) is 0. The Morgan fingerprint density at radius 2 is 1.96 bits per heavy atom. The maximum atomic E-state index is 13.2. The molecule has 28 heavy (non-hydrogen) atoms. The van der Waals surface area contributed by atoms with Crippen LogP contribution in [0.25, 0.3) is 0 Å². The number of halogens is 2. The van der Waals surface area contributed by atoms with Crippen molar-refractivity contribution in [3.8, 4) is 0 Å². The van der Waals surface area contributed by atoms with E-state index in [1.807, 2.05) is 24.3 Å². The van der Waals surface area contributed by atoms with Crippen LogP contribution in [0.4, 0.5) is 10.5 Å². The predicted molar refractivity (Wildman–Crippen MR) is 106 cm³/mol. The highest BCUT2D eigenvalue weighted by Crippen LogP contribution is 2.39. The zero-order valence-electron chi connectivity index (χ0n) is 14.8. The summed E-state index contributed by atoms with van der Waals surface area (Å²) in [5, 5.41) is 6.15. The lowest BCUT2D eigenvalue weighted by molar-refractivity contribution is -0.134. The molecule has 1 spiro atoms. The average Bonchev–Trinajstić information content (AvgIpc) is 2.89. The molecule has 1 aliphatic carbocycles. The average molecular weight is 418 g/mol. The summed E-state index contributed by atoms with van der Waals surface area (Å²) in [6.07, 6.45) is 2.15. The van der Waals surface area contributed by atoms with Crippen LogP contribution in [0.2, 0.25) is 10.0 Å². The highest BCUT2D eigenvalue weighted by molar-refractivity contribution is 6.36. The molecule has 1 saturated heterocycles. The molecule has 1 heterocycles. The van der Waals surface area contributed by atoms with Gasteiger partial charge in [0.1, 0.15) is 12.1 Å². The summed E-state index contributed by atoms with van der Waals surface area (Å²) < 4.78 is 0. The Morgan fingerprint density at radius 1 is 1.18 bits per heavy atom. The standard InChI is InChI=1S/C20H17Cl2N3O3/c21-13-7-8-16(15(22)10-13)23-17(26)11-25-18(27)20(24-19(25)28)9-3-5-12-4-1-2-6-14(12)20/h1-2,4,6-8,10H,3,5,9,11H2,(H,23,26)(H,24,28). The largest absolute Gasteiger partial charge is 0.325 e. The number of imide groups is 1. The molecule has 144 valence electrons. The number of urea groups is 1. The minimum absolute atomic E-state index is 0.274. The molecule has 1 aliphatic heterocycles. The number of carbonyl (C=O) groups excluding carboxylic acids is 3. The van der Waals surface area contributed by atoms with Gasteiger partial charge in [0, 0.05) is 5.02 Å². The molecule has 4 rings (SSSR count). The van der Waals surface area contributed by atoms with Gasteiger partial charge in [-0.3, -0.25) is 14.5 Å². The Hall–Kier alpha value is -2.57. The molecule has 1 unspecified atom stereocenters. The van der Waals surface area contributed by atoms with Crippen molar-refractivity contribution in [2.45, 2.75) is 24.8 Å². The number of aryl methyl sites for hydroxylation is 1. The van der Waals surface area contributed by atoms with E-state index in [9.17, 15) is 14.4 Å². The van der Waals surface area contributed by atoms with Gasteiger partial charge in [0.05, 0.1) is 10.7 Å². The molecule has 0 radical (unpaired) electrons. The topological polar surface area (TPSA) is 78.5 Å². The van der Waals surface area contributed by atoms with Crippen LogP contribution in [0.1, 0.15) is 24.0 Å². The lowest BCUT2D eigenvalue weighted by Gasteiger charge is -2.33. The van der Waals surface area contributed by atoms with Gasteiger partial charge in [0.25, 0.3) is 5.91 Å². The second-order valence-corrected chi connectivity index (χ2v) is 7.75. The molecule has 0 bridgehead atoms. The van der Waals surface area contributed by atoms with Crippen LogP contribution in [-0.4, -0.2) is 29.3 Å². The van der Waals surface area contributed by atoms with Crippen molar-refractivity contribution in [1.29, 1.82) is 0 Å². The lowest BCUT2D eigenvalue weighted by atomic mass is 9.76. The number of anilines is 1. The molecule has 8 heteroatoms. The molecule has 2 N–H and O–H groups in total. The zero-order valence-corrected chi connectivity index (χ0v) is 16.3. The highest BCUT2D eigenvalue weighted by Gasteiger charge is 2.54. The van der Waals surface area contributed by atoms with Crippen molar-refractivity contribution < 1.29 is 14.4 Å². The van der Waals surface area contributed by atoms with Crippen LogP contribution in [0, 0.1) is 0 Å². The second-order valence-electron chi connectivity index (χ2n) is 6.91. The summed E-state index contributed by atoms with van der Waals surface area (Å²) >= 11 is 11.9. The van der Waals surface area contributed by atoms with E-state index in [1.54, 1.807) is 12.1 Å². The molecule has 4 amide bonds. The molecule has 2 aromatic carbocycles. The number of nitrogens with zero attached hydrogens (tertiary/aromatic N) is 1. The van der Waals surface area contributed by atoms with Gasteiger partial charge in [-0.1, -0.05) is 47.5 Å². The summed E-state index contributed by atoms with van der Waals surface area (Å²) in [4.78, 5) is 39.1. The van der Waals surface area contributed by atoms with Crippen LogP contribution < -0.4 is 10.6 Å². The first-order valence-electron chi connectivity index (χ1n) is 8.88. The number of carbonyl (C=O) groups is 3. The van der Waals surface area contributed by atoms with Gasteiger partial charge < -0.3 is 10.6 Å². The fourth-order valence-corrected chi connectivity index (χ4v) is 4.33. The third-order valence-electron chi connectivity index (χ3n) is 5.16. The minimum Gasteiger partial charge on any atom is -0.323 e. The minimum atomic E-state index is -1.09. The smallest absolute Gasteiger partial charge is 0.323 e. The maximum absolute atomic E-state index is 13.2. The van der Waals surface area contributed by atoms with E-state index in [1.165, 1.54) is 6.07 Å². The molecule has 1 fully saturated rings. The first kappa shape index (κ1) is 18.8. The van der Waals surface area contributed by atoms with E-state index in [-0.39, 0.29) is 5.02 Å². The number of rotatable bonds is 3. The Labute approximate surface area is 171 Å². The van der Waals surface area contributed by atoms with E-state index in [2.05, 4.69) is 10.6 Å². The van der Waals surface area contributed by atoms with Gasteiger partial charge in [0.2, 0.25) is 5.91 Å². The van der Waals surface area contributed by atoms with Gasteiger partial charge in [0.15, 0.2) is 0 Å². The fourth-order valence-electron chi connectivity index (χ4n) is 3.88. The number of benzene rings is 2. The molecular weight excluding hydrogens is 401 g/mol. The van der Waals surface area contributed by atoms with Gasteiger partial charge in [-0.25, -0.2) is 4.79 Å². The van der Waals surface area contributed by atoms with Crippen LogP contribution in [0.5, 0.6) is 0 Å². The second kappa shape index (κ2) is 7.11. The lowest BCUT2D eigenvalue weighted by Crippen LogP contribution is -2.47. The normalized spacial score (nSPS) is 20.9. The van der Waals surface area contributed by atoms with Gasteiger partial charge in [-0.15, -0.1) is 0 Å². The first-order valence-corrected chi connectivity index (χ1v) is 9.64. The highest BCUT2D eigenvalue weighted by atomic mass is 35.5. The monoisotopic (exact) mass is 417 g/mol. The molecule has 2 aliphatic rings. The summed E-state index contributed by atoms with van der Waals surface area (Å²) in [5.74, 6) is -0.920. The Balaban J connectivity index is 1.55. The van der Waals surface area contributed by atoms with Crippen molar-refractivity contribution in [3.05, 3.63) is 63.6 Å². The molecule has 0 saturated carbocycles. The predicted octanol–water partition coefficient (Wildman–Crippen LogP) is 3.72. The number of amides is 4. The third kappa shape index (κ3) is 3.12. The van der Waals surface area contributed by atoms with E-state index in [0.717, 1.165) is 28.9 Å². The van der Waals surface area contributed by atoms with E-state index >= 15 is 0 Å². The van der Waals surface area contributed by atoms with E-state index in [0.29, 0.717) is 17.1 Å². The molecule has 6 nitrogen and oxygen atoms in total. The fraction of sp³-hybridized carbons (Fsp3) is 0.250. The number of nitrogens with one attached hydrogen (secondary N) is 2. The van der Waals surface area contributed by atoms with Gasteiger partial charge in [-0.2, -0.15) is 0 Å². The summed E-state index contributed by atoms with van der Waals surface area (Å²) in [6, 6.07) is 11.7. The third-order valence-corrected chi connectivity index (χ3v) is 5.71. The number of hydrogen-bond acceptors (Lipinski definition) is 3. The Morgan fingerprint density at radius 3 is 2.75 bits per heavy atom. The quantitative estimate of drug-likeness (QED) is 0.746. The van der Waals surface area contributed by atoms with Crippen molar-refractivity contribution in [3.63, 3.8) is 0 Å². The van der Waals surface area contributed by atoms with Crippen LogP contribution >= 0.6 is 23.2 Å². The SMILES string of the molecule is O=C(CN1C(=O)NC2(CCCc3ccccc32)C1=O)Nc1ccc(Cl)cc1Cl. The number of hydrogen-bond donors (Lipinski definition) is 2. The van der Waals surface area contributed by atoms with Crippen molar-refractivity contribution >= 4 is 46.7 Å². The Kier molecular flexibility index (Phi) is 4.77.